The largest absolute Gasteiger partial charge is 0.397 e. The number of hydrogen-bond acceptors (Lipinski definition) is 5. The normalized spacial score (nSPS) is 14.4. The van der Waals surface area contributed by atoms with Crippen LogP contribution in [0.3, 0.4) is 0 Å². The van der Waals surface area contributed by atoms with E-state index < -0.39 is 22.2 Å². The molecule has 0 aromatic heterocycles. The number of nitrogen functional groups attached to an aromatic ring is 1. The van der Waals surface area contributed by atoms with Gasteiger partial charge in [-0.05, 0) is 36.1 Å². The van der Waals surface area contributed by atoms with Gasteiger partial charge in [0.15, 0.2) is 0 Å². The van der Waals surface area contributed by atoms with Gasteiger partial charge in [-0.15, -0.1) is 0 Å². The van der Waals surface area contributed by atoms with Gasteiger partial charge in [0.1, 0.15) is 0 Å². The molecule has 6 nitrogen and oxygen atoms in total. The molecular formula is C20H28ClN3O3S. The number of aliphatic hydroxyl groups excluding tert-OH is 1. The Morgan fingerprint density at radius 1 is 1.11 bits per heavy atom. The highest BCUT2D eigenvalue weighted by molar-refractivity contribution is 7.89. The predicted molar refractivity (Wildman–Crippen MR) is 114 cm³/mol. The van der Waals surface area contributed by atoms with Crippen LogP contribution in [0.1, 0.15) is 19.4 Å². The van der Waals surface area contributed by atoms with Crippen LogP contribution < -0.4 is 11.5 Å². The Hall–Kier alpha value is -1.64. The van der Waals surface area contributed by atoms with Crippen molar-refractivity contribution >= 4 is 27.3 Å². The summed E-state index contributed by atoms with van der Waals surface area (Å²) in [6.07, 6.45) is -0.566. The van der Waals surface area contributed by atoms with Gasteiger partial charge in [0.2, 0.25) is 10.0 Å². The van der Waals surface area contributed by atoms with Gasteiger partial charge in [0, 0.05) is 19.1 Å². The average Bonchev–Trinajstić information content (AvgIpc) is 2.63. The Morgan fingerprint density at radius 3 is 2.32 bits per heavy atom. The van der Waals surface area contributed by atoms with E-state index in [1.54, 1.807) is 0 Å². The van der Waals surface area contributed by atoms with Gasteiger partial charge in [-0.25, -0.2) is 8.42 Å². The summed E-state index contributed by atoms with van der Waals surface area (Å²) in [6.45, 7) is 3.97. The van der Waals surface area contributed by atoms with Crippen LogP contribution in [-0.2, 0) is 16.4 Å². The minimum absolute atomic E-state index is 0.0406. The maximum absolute atomic E-state index is 13.1. The van der Waals surface area contributed by atoms with Crippen molar-refractivity contribution in [3.8, 4) is 0 Å². The third-order valence-corrected chi connectivity index (χ3v) is 6.55. The first kappa shape index (κ1) is 22.6. The van der Waals surface area contributed by atoms with Crippen LogP contribution in [0.25, 0.3) is 0 Å². The van der Waals surface area contributed by atoms with Crippen LogP contribution in [0.4, 0.5) is 5.69 Å². The molecule has 5 N–H and O–H groups in total. The van der Waals surface area contributed by atoms with Gasteiger partial charge in [-0.2, -0.15) is 4.31 Å². The lowest BCUT2D eigenvalue weighted by Gasteiger charge is -2.29. The van der Waals surface area contributed by atoms with Gasteiger partial charge >= 0.3 is 0 Å². The lowest BCUT2D eigenvalue weighted by Crippen LogP contribution is -2.47. The molecule has 0 aliphatic heterocycles. The first-order valence-corrected chi connectivity index (χ1v) is 11.0. The molecule has 0 spiro atoms. The van der Waals surface area contributed by atoms with Gasteiger partial charge in [0.05, 0.1) is 21.7 Å². The standard InChI is InChI=1S/C20H28ClN3O3S/c1-14(2)12-24(28(26,27)16-8-9-17(21)18(22)11-16)13-20(25)19(23)10-15-6-4-3-5-7-15/h3-9,11,14,19-20,25H,10,12-13,22-23H2,1-2H3. The lowest BCUT2D eigenvalue weighted by atomic mass is 10.0. The fourth-order valence-corrected chi connectivity index (χ4v) is 4.65. The first-order chi connectivity index (χ1) is 13.1. The molecule has 0 radical (unpaired) electrons. The molecule has 28 heavy (non-hydrogen) atoms. The molecule has 2 rings (SSSR count). The summed E-state index contributed by atoms with van der Waals surface area (Å²) < 4.78 is 27.5. The fraction of sp³-hybridized carbons (Fsp3) is 0.400. The number of hydrogen-bond donors (Lipinski definition) is 3. The maximum atomic E-state index is 13.1. The zero-order chi connectivity index (χ0) is 20.9. The second-order valence-electron chi connectivity index (χ2n) is 7.32. The van der Waals surface area contributed by atoms with Gasteiger partial charge in [-0.3, -0.25) is 0 Å². The summed E-state index contributed by atoms with van der Waals surface area (Å²) in [5, 5.41) is 10.9. The molecule has 8 heteroatoms. The number of rotatable bonds is 9. The van der Waals surface area contributed by atoms with Crippen molar-refractivity contribution in [2.24, 2.45) is 11.7 Å². The number of halogens is 1. The molecule has 2 aromatic carbocycles. The Labute approximate surface area is 172 Å². The summed E-state index contributed by atoms with van der Waals surface area (Å²) in [5.41, 5.74) is 13.1. The quantitative estimate of drug-likeness (QED) is 0.534. The number of anilines is 1. The summed E-state index contributed by atoms with van der Waals surface area (Å²) >= 11 is 5.91. The lowest BCUT2D eigenvalue weighted by molar-refractivity contribution is 0.116. The van der Waals surface area contributed by atoms with E-state index in [-0.39, 0.29) is 29.6 Å². The second kappa shape index (κ2) is 9.71. The Kier molecular flexibility index (Phi) is 7.86. The summed E-state index contributed by atoms with van der Waals surface area (Å²) in [4.78, 5) is 0.0406. The molecule has 154 valence electrons. The fourth-order valence-electron chi connectivity index (χ4n) is 2.88. The molecule has 0 amide bonds. The van der Waals surface area contributed by atoms with Crippen molar-refractivity contribution in [1.29, 1.82) is 0 Å². The zero-order valence-corrected chi connectivity index (χ0v) is 17.7. The van der Waals surface area contributed by atoms with Crippen LogP contribution in [0, 0.1) is 5.92 Å². The van der Waals surface area contributed by atoms with Gasteiger partial charge in [0.25, 0.3) is 0 Å². The monoisotopic (exact) mass is 425 g/mol. The first-order valence-electron chi connectivity index (χ1n) is 9.14. The van der Waals surface area contributed by atoms with Crippen LogP contribution in [0.5, 0.6) is 0 Å². The smallest absolute Gasteiger partial charge is 0.243 e. The van der Waals surface area contributed by atoms with Crippen molar-refractivity contribution in [1.82, 2.24) is 4.31 Å². The van der Waals surface area contributed by atoms with E-state index in [1.165, 1.54) is 22.5 Å². The number of aliphatic hydroxyl groups is 1. The van der Waals surface area contributed by atoms with Crippen LogP contribution in [0.15, 0.2) is 53.4 Å². The maximum Gasteiger partial charge on any atom is 0.243 e. The average molecular weight is 426 g/mol. The number of nitrogens with zero attached hydrogens (tertiary/aromatic N) is 1. The van der Waals surface area contributed by atoms with Crippen molar-refractivity contribution in [2.75, 3.05) is 18.8 Å². The highest BCUT2D eigenvalue weighted by Gasteiger charge is 2.29. The Morgan fingerprint density at radius 2 is 1.75 bits per heavy atom. The molecule has 0 fully saturated rings. The molecule has 2 atom stereocenters. The van der Waals surface area contributed by atoms with Crippen molar-refractivity contribution < 1.29 is 13.5 Å². The molecule has 0 bridgehead atoms. The third kappa shape index (κ3) is 5.93. The van der Waals surface area contributed by atoms with Crippen molar-refractivity contribution in [3.63, 3.8) is 0 Å². The summed E-state index contributed by atoms with van der Waals surface area (Å²) in [7, 11) is -3.86. The Balaban J connectivity index is 2.21. The highest BCUT2D eigenvalue weighted by Crippen LogP contribution is 2.25. The molecule has 0 saturated carbocycles. The van der Waals surface area contributed by atoms with Gasteiger partial charge in [-0.1, -0.05) is 55.8 Å². The number of benzene rings is 2. The van der Waals surface area contributed by atoms with E-state index in [9.17, 15) is 13.5 Å². The zero-order valence-electron chi connectivity index (χ0n) is 16.1. The van der Waals surface area contributed by atoms with E-state index in [4.69, 9.17) is 23.1 Å². The third-order valence-electron chi connectivity index (χ3n) is 4.37. The van der Waals surface area contributed by atoms with E-state index in [0.29, 0.717) is 11.4 Å². The highest BCUT2D eigenvalue weighted by atomic mass is 35.5. The van der Waals surface area contributed by atoms with Gasteiger partial charge < -0.3 is 16.6 Å². The van der Waals surface area contributed by atoms with E-state index in [2.05, 4.69) is 0 Å². The van der Waals surface area contributed by atoms with E-state index in [0.717, 1.165) is 5.56 Å². The molecule has 0 aliphatic carbocycles. The second-order valence-corrected chi connectivity index (χ2v) is 9.67. The van der Waals surface area contributed by atoms with Crippen molar-refractivity contribution in [2.45, 2.75) is 37.3 Å². The van der Waals surface area contributed by atoms with E-state index in [1.807, 2.05) is 44.2 Å². The minimum atomic E-state index is -3.86. The molecule has 0 saturated heterocycles. The van der Waals surface area contributed by atoms with Crippen molar-refractivity contribution in [3.05, 3.63) is 59.1 Å². The SMILES string of the molecule is CC(C)CN(CC(O)C(N)Cc1ccccc1)S(=O)(=O)c1ccc(Cl)c(N)c1. The molecule has 2 unspecified atom stereocenters. The summed E-state index contributed by atoms with van der Waals surface area (Å²) in [6, 6.07) is 13.2. The molecule has 0 aliphatic rings. The molecule has 2 aromatic rings. The topological polar surface area (TPSA) is 110 Å². The number of nitrogens with two attached hydrogens (primary N) is 2. The van der Waals surface area contributed by atoms with Crippen LogP contribution in [0.2, 0.25) is 5.02 Å². The van der Waals surface area contributed by atoms with E-state index >= 15 is 0 Å². The Bertz CT molecular complexity index is 876. The minimum Gasteiger partial charge on any atom is -0.397 e. The van der Waals surface area contributed by atoms with Crippen LogP contribution in [-0.4, -0.2) is 43.1 Å². The predicted octanol–water partition coefficient (Wildman–Crippen LogP) is 2.50. The number of sulfonamides is 1. The molecular weight excluding hydrogens is 398 g/mol. The summed E-state index contributed by atoms with van der Waals surface area (Å²) in [5.74, 6) is 0.0666. The van der Waals surface area contributed by atoms with Crippen LogP contribution >= 0.6 is 11.6 Å². The molecule has 0 heterocycles.